The monoisotopic (exact) mass is 780 g/mol. The van der Waals surface area contributed by atoms with Gasteiger partial charge in [0, 0.05) is 31.4 Å². The predicted octanol–water partition coefficient (Wildman–Crippen LogP) is 4.46. The summed E-state index contributed by atoms with van der Waals surface area (Å²) in [5.41, 5.74) is 3.13. The van der Waals surface area contributed by atoms with Gasteiger partial charge in [-0.05, 0) is 79.9 Å². The molecule has 3 N–H and O–H groups in total. The normalized spacial score (nSPS) is 19.4. The van der Waals surface area contributed by atoms with Gasteiger partial charge in [0.15, 0.2) is 0 Å². The molecule has 57 heavy (non-hydrogen) atoms. The van der Waals surface area contributed by atoms with Crippen LogP contribution in [-0.2, 0) is 41.3 Å². The first-order valence-electron chi connectivity index (χ1n) is 20.2. The molecule has 1 aromatic heterocycles. The lowest BCUT2D eigenvalue weighted by Crippen LogP contribution is -2.59. The molecule has 2 fully saturated rings. The molecule has 3 atom stereocenters. The van der Waals surface area contributed by atoms with E-state index >= 15 is 0 Å². The number of nitrogens with one attached hydrogen (secondary N) is 3. The zero-order valence-electron chi connectivity index (χ0n) is 33.8. The van der Waals surface area contributed by atoms with Crippen molar-refractivity contribution in [3.63, 3.8) is 0 Å². The molecule has 1 saturated carbocycles. The third-order valence-electron chi connectivity index (χ3n) is 10.7. The van der Waals surface area contributed by atoms with Gasteiger partial charge in [-0.15, -0.1) is 0 Å². The molecule has 0 spiro atoms. The van der Waals surface area contributed by atoms with Crippen molar-refractivity contribution in [3.8, 4) is 0 Å². The molecule has 1 aliphatic heterocycles. The van der Waals surface area contributed by atoms with Gasteiger partial charge in [0.2, 0.25) is 11.8 Å². The Bertz CT molecular complexity index is 1770. The molecule has 0 radical (unpaired) electrons. The van der Waals surface area contributed by atoms with Gasteiger partial charge in [0.25, 0.3) is 5.91 Å². The second-order valence-electron chi connectivity index (χ2n) is 16.3. The van der Waals surface area contributed by atoms with Crippen LogP contribution >= 0.6 is 0 Å². The third-order valence-corrected chi connectivity index (χ3v) is 10.7. The van der Waals surface area contributed by atoms with Gasteiger partial charge in [-0.2, -0.15) is 0 Å². The summed E-state index contributed by atoms with van der Waals surface area (Å²) in [5, 5.41) is 8.83. The van der Waals surface area contributed by atoms with E-state index in [1.165, 1.54) is 24.2 Å². The van der Waals surface area contributed by atoms with E-state index in [-0.39, 0.29) is 49.0 Å². The molecule has 3 amide bonds. The lowest BCUT2D eigenvalue weighted by atomic mass is 9.73. The van der Waals surface area contributed by atoms with E-state index < -0.39 is 42.9 Å². The number of hydrogen-bond acceptors (Lipinski definition) is 10. The molecular formula is C43H57BN6O7. The first-order chi connectivity index (χ1) is 27.3. The molecule has 2 aromatic carbocycles. The highest BCUT2D eigenvalue weighted by Gasteiger charge is 2.43. The quantitative estimate of drug-likeness (QED) is 0.177. The minimum Gasteiger partial charge on any atom is -0.497 e. The van der Waals surface area contributed by atoms with Crippen LogP contribution in [0.4, 0.5) is 0 Å². The summed E-state index contributed by atoms with van der Waals surface area (Å²) < 4.78 is 11.5. The molecule has 5 rings (SSSR count). The lowest BCUT2D eigenvalue weighted by molar-refractivity contribution is -0.148. The third kappa shape index (κ3) is 13.2. The van der Waals surface area contributed by atoms with Gasteiger partial charge in [0.05, 0.1) is 31.1 Å². The highest BCUT2D eigenvalue weighted by atomic mass is 16.6. The Morgan fingerprint density at radius 2 is 1.44 bits per heavy atom. The summed E-state index contributed by atoms with van der Waals surface area (Å²) in [6, 6.07) is 16.5. The minimum absolute atomic E-state index is 0.00279. The fourth-order valence-electron chi connectivity index (χ4n) is 7.58. The number of hydrogen-bond donors (Lipinski definition) is 3. The number of aromatic nitrogens is 2. The van der Waals surface area contributed by atoms with Gasteiger partial charge in [-0.1, -0.05) is 82.3 Å². The summed E-state index contributed by atoms with van der Waals surface area (Å²) in [4.78, 5) is 76.5. The largest absolute Gasteiger partial charge is 0.622 e. The maximum absolute atomic E-state index is 13.9. The zero-order chi connectivity index (χ0) is 40.9. The van der Waals surface area contributed by atoms with E-state index in [9.17, 15) is 24.0 Å². The highest BCUT2D eigenvalue weighted by molar-refractivity contribution is 6.51. The van der Waals surface area contributed by atoms with Gasteiger partial charge < -0.3 is 25.3 Å². The smallest absolute Gasteiger partial charge is 0.497 e. The average Bonchev–Trinajstić information content (AvgIpc) is 3.18. The van der Waals surface area contributed by atoms with E-state index in [2.05, 4.69) is 51.9 Å². The number of benzene rings is 2. The van der Waals surface area contributed by atoms with E-state index in [4.69, 9.17) is 9.31 Å². The molecule has 0 bridgehead atoms. The molecule has 3 aromatic rings. The van der Waals surface area contributed by atoms with Crippen LogP contribution in [0.1, 0.15) is 99.8 Å². The SMILES string of the molecule is CC(C)Cc1ccc([C@H](C)C(=O)NCC2CCC(N3CC(=O)OB([C@H](CC(C)C)NC(=O)[C@H](Cc4ccccc4)NC(=O)c4cnccn4)OC(=O)C3)CC2)cc1. The molecule has 0 unspecified atom stereocenters. The second-order valence-corrected chi connectivity index (χ2v) is 16.3. The molecule has 2 heterocycles. The number of rotatable bonds is 16. The van der Waals surface area contributed by atoms with Crippen molar-refractivity contribution >= 4 is 36.8 Å². The number of carbonyl (C=O) groups excluding carboxylic acids is 5. The standard InChI is InChI=1S/C43H57BN6O7/c1-28(2)21-32-11-15-34(16-12-32)30(5)41(53)47-24-33-13-17-35(18-14-33)50-26-39(51)56-44(57-40(52)27-50)38(22-29(3)4)49-42(54)36(23-31-9-7-6-8-10-31)48-43(55)37-25-45-19-20-46-37/h6-12,15-16,19-20,25,28-30,33,35-36,38H,13-14,17-18,21-24,26-27H2,1-5H3,(H,47,53)(H,48,55)(H,49,54)/t30-,33?,35?,36-,38-/m0/s1. The average molecular weight is 781 g/mol. The molecule has 1 saturated heterocycles. The van der Waals surface area contributed by atoms with Crippen LogP contribution in [0.2, 0.25) is 0 Å². The van der Waals surface area contributed by atoms with E-state index in [1.807, 2.05) is 68.1 Å². The number of amides is 3. The Hall–Kier alpha value is -5.11. The van der Waals surface area contributed by atoms with E-state index in [1.54, 1.807) is 0 Å². The second kappa shape index (κ2) is 20.9. The van der Waals surface area contributed by atoms with Gasteiger partial charge >= 0.3 is 19.1 Å². The molecule has 13 nitrogen and oxygen atoms in total. The Kier molecular flexibility index (Phi) is 15.8. The van der Waals surface area contributed by atoms with Crippen LogP contribution in [0.25, 0.3) is 0 Å². The van der Waals surface area contributed by atoms with Crippen molar-refractivity contribution in [1.82, 2.24) is 30.8 Å². The van der Waals surface area contributed by atoms with Crippen molar-refractivity contribution < 1.29 is 33.3 Å². The van der Waals surface area contributed by atoms with Crippen molar-refractivity contribution in [2.45, 2.75) is 104 Å². The maximum Gasteiger partial charge on any atom is 0.622 e. The van der Waals surface area contributed by atoms with Crippen LogP contribution in [-0.4, -0.2) is 89.3 Å². The Morgan fingerprint density at radius 3 is 2.04 bits per heavy atom. The zero-order valence-corrected chi connectivity index (χ0v) is 33.8. The first kappa shape index (κ1) is 43.0. The Labute approximate surface area is 336 Å². The predicted molar refractivity (Wildman–Crippen MR) is 216 cm³/mol. The summed E-state index contributed by atoms with van der Waals surface area (Å²) in [5.74, 6) is -2.46. The van der Waals surface area contributed by atoms with Crippen molar-refractivity contribution in [2.24, 2.45) is 17.8 Å². The van der Waals surface area contributed by atoms with Crippen LogP contribution in [0, 0.1) is 17.8 Å². The van der Waals surface area contributed by atoms with Gasteiger partial charge in [0.1, 0.15) is 11.7 Å². The topological polar surface area (TPSA) is 169 Å². The summed E-state index contributed by atoms with van der Waals surface area (Å²) in [6.45, 7) is 10.6. The fourth-order valence-corrected chi connectivity index (χ4v) is 7.58. The van der Waals surface area contributed by atoms with Crippen molar-refractivity contribution in [1.29, 1.82) is 0 Å². The summed E-state index contributed by atoms with van der Waals surface area (Å²) >= 11 is 0. The highest BCUT2D eigenvalue weighted by Crippen LogP contribution is 2.28. The van der Waals surface area contributed by atoms with Crippen LogP contribution < -0.4 is 16.0 Å². The van der Waals surface area contributed by atoms with E-state index in [0.29, 0.717) is 24.8 Å². The number of carbonyl (C=O) groups is 5. The van der Waals surface area contributed by atoms with Crippen LogP contribution in [0.5, 0.6) is 0 Å². The van der Waals surface area contributed by atoms with Crippen molar-refractivity contribution in [3.05, 3.63) is 95.6 Å². The van der Waals surface area contributed by atoms with E-state index in [0.717, 1.165) is 43.2 Å². The summed E-state index contributed by atoms with van der Waals surface area (Å²) in [7, 11) is -1.36. The molecule has 14 heteroatoms. The fraction of sp³-hybridized carbons (Fsp3) is 0.512. The number of nitrogens with zero attached hydrogens (tertiary/aromatic N) is 3. The molecular weight excluding hydrogens is 723 g/mol. The van der Waals surface area contributed by atoms with Crippen LogP contribution in [0.3, 0.4) is 0 Å². The Balaban J connectivity index is 1.15. The first-order valence-corrected chi connectivity index (χ1v) is 20.2. The summed E-state index contributed by atoms with van der Waals surface area (Å²) in [6.07, 6.45) is 8.86. The molecule has 304 valence electrons. The minimum atomic E-state index is -1.36. The molecule has 1 aliphatic carbocycles. The van der Waals surface area contributed by atoms with Crippen LogP contribution in [0.15, 0.2) is 73.2 Å². The Morgan fingerprint density at radius 1 is 0.789 bits per heavy atom. The van der Waals surface area contributed by atoms with Gasteiger partial charge in [-0.3, -0.25) is 33.9 Å². The molecule has 2 aliphatic rings. The lowest BCUT2D eigenvalue weighted by Gasteiger charge is -2.37. The van der Waals surface area contributed by atoms with Crippen molar-refractivity contribution in [2.75, 3.05) is 19.6 Å². The van der Waals surface area contributed by atoms with Gasteiger partial charge in [-0.25, -0.2) is 4.98 Å². The maximum atomic E-state index is 13.9.